The highest BCUT2D eigenvalue weighted by Crippen LogP contribution is 2.21. The minimum Gasteiger partial charge on any atom is -0.378 e. The van der Waals surface area contributed by atoms with Crippen molar-refractivity contribution in [2.45, 2.75) is 26.4 Å². The highest BCUT2D eigenvalue weighted by atomic mass is 15.3. The number of anilines is 1. The van der Waals surface area contributed by atoms with Crippen LogP contribution in [0.15, 0.2) is 42.9 Å². The van der Waals surface area contributed by atoms with Crippen molar-refractivity contribution in [1.82, 2.24) is 14.3 Å². The van der Waals surface area contributed by atoms with Gasteiger partial charge < -0.3 is 9.88 Å². The number of rotatable bonds is 4. The molecule has 104 valence electrons. The molecule has 3 aromatic rings. The van der Waals surface area contributed by atoms with Crippen LogP contribution in [0.5, 0.6) is 0 Å². The highest BCUT2D eigenvalue weighted by molar-refractivity contribution is 5.84. The molecule has 0 bridgehead atoms. The predicted octanol–water partition coefficient (Wildman–Crippen LogP) is 3.57. The number of aromatic nitrogens is 3. The van der Waals surface area contributed by atoms with Crippen LogP contribution < -0.4 is 5.32 Å². The Kier molecular flexibility index (Phi) is 3.22. The van der Waals surface area contributed by atoms with E-state index in [4.69, 9.17) is 0 Å². The molecule has 0 aliphatic heterocycles. The van der Waals surface area contributed by atoms with Crippen molar-refractivity contribution in [2.75, 3.05) is 5.32 Å². The van der Waals surface area contributed by atoms with Crippen LogP contribution in [0.3, 0.4) is 0 Å². The van der Waals surface area contributed by atoms with E-state index >= 15 is 0 Å². The fourth-order valence-corrected chi connectivity index (χ4v) is 2.48. The minimum absolute atomic E-state index is 0.392. The molecule has 1 N–H and O–H groups in total. The van der Waals surface area contributed by atoms with Gasteiger partial charge in [-0.05, 0) is 25.5 Å². The van der Waals surface area contributed by atoms with E-state index < -0.39 is 0 Å². The first kappa shape index (κ1) is 12.8. The zero-order chi connectivity index (χ0) is 14.1. The molecule has 1 aromatic carbocycles. The number of aryl methyl sites for hydroxylation is 1. The van der Waals surface area contributed by atoms with Crippen molar-refractivity contribution in [2.24, 2.45) is 7.05 Å². The van der Waals surface area contributed by atoms with Crippen LogP contribution in [0.1, 0.15) is 25.5 Å². The zero-order valence-corrected chi connectivity index (χ0v) is 12.2. The molecular weight excluding hydrogens is 248 g/mol. The Hall–Kier alpha value is -2.23. The Morgan fingerprint density at radius 3 is 2.75 bits per heavy atom. The van der Waals surface area contributed by atoms with E-state index in [1.807, 2.05) is 10.9 Å². The van der Waals surface area contributed by atoms with Gasteiger partial charge in [0.25, 0.3) is 0 Å². The predicted molar refractivity (Wildman–Crippen MR) is 82.9 cm³/mol. The summed E-state index contributed by atoms with van der Waals surface area (Å²) in [4.78, 5) is 0. The first-order valence-electron chi connectivity index (χ1n) is 6.96. The molecule has 0 aliphatic carbocycles. The van der Waals surface area contributed by atoms with Gasteiger partial charge in [0.15, 0.2) is 0 Å². The normalized spacial score (nSPS) is 11.4. The molecule has 20 heavy (non-hydrogen) atoms. The molecule has 0 radical (unpaired) electrons. The van der Waals surface area contributed by atoms with Crippen molar-refractivity contribution in [3.63, 3.8) is 0 Å². The fourth-order valence-electron chi connectivity index (χ4n) is 2.48. The number of hydrogen-bond donors (Lipinski definition) is 1. The van der Waals surface area contributed by atoms with E-state index in [9.17, 15) is 0 Å². The number of para-hydroxylation sites is 1. The highest BCUT2D eigenvalue weighted by Gasteiger charge is 2.06. The lowest BCUT2D eigenvalue weighted by molar-refractivity contribution is 0.532. The van der Waals surface area contributed by atoms with Crippen LogP contribution in [0.25, 0.3) is 10.9 Å². The van der Waals surface area contributed by atoms with E-state index in [1.165, 1.54) is 16.5 Å². The molecule has 0 fully saturated rings. The number of benzene rings is 1. The molecule has 0 amide bonds. The Morgan fingerprint density at radius 1 is 1.20 bits per heavy atom. The van der Waals surface area contributed by atoms with Crippen LogP contribution in [0, 0.1) is 0 Å². The molecule has 0 unspecified atom stereocenters. The zero-order valence-electron chi connectivity index (χ0n) is 12.2. The summed E-state index contributed by atoms with van der Waals surface area (Å²) in [6, 6.07) is 8.87. The first-order valence-corrected chi connectivity index (χ1v) is 6.96. The topological polar surface area (TPSA) is 34.8 Å². The molecular formula is C16H20N4. The Morgan fingerprint density at radius 2 is 2.00 bits per heavy atom. The average molecular weight is 268 g/mol. The molecule has 2 aromatic heterocycles. The molecule has 0 saturated carbocycles. The van der Waals surface area contributed by atoms with Crippen molar-refractivity contribution in [3.05, 3.63) is 48.4 Å². The molecule has 0 saturated heterocycles. The standard InChI is InChI=1S/C16H20N4/c1-12(2)20-11-14(9-18-20)17-8-13-10-19(3)16-7-5-4-6-15(13)16/h4-7,9-12,17H,8H2,1-3H3. The van der Waals surface area contributed by atoms with E-state index in [-0.39, 0.29) is 0 Å². The molecule has 0 aliphatic rings. The maximum atomic E-state index is 4.34. The van der Waals surface area contributed by atoms with Crippen molar-refractivity contribution < 1.29 is 0 Å². The van der Waals surface area contributed by atoms with Gasteiger partial charge in [-0.2, -0.15) is 5.10 Å². The van der Waals surface area contributed by atoms with Crippen molar-refractivity contribution in [3.8, 4) is 0 Å². The van der Waals surface area contributed by atoms with E-state index in [2.05, 4.69) is 72.5 Å². The van der Waals surface area contributed by atoms with Gasteiger partial charge in [0.2, 0.25) is 0 Å². The lowest BCUT2D eigenvalue weighted by atomic mass is 10.2. The SMILES string of the molecule is CC(C)n1cc(NCc2cn(C)c3ccccc23)cn1. The minimum atomic E-state index is 0.392. The number of fused-ring (bicyclic) bond motifs is 1. The van der Waals surface area contributed by atoms with E-state index in [0.29, 0.717) is 6.04 Å². The van der Waals surface area contributed by atoms with Gasteiger partial charge in [0.1, 0.15) is 0 Å². The van der Waals surface area contributed by atoms with Crippen LogP contribution in [-0.4, -0.2) is 14.3 Å². The third-order valence-corrected chi connectivity index (χ3v) is 3.59. The van der Waals surface area contributed by atoms with E-state index in [1.54, 1.807) is 0 Å². The average Bonchev–Trinajstić information content (AvgIpc) is 3.03. The van der Waals surface area contributed by atoms with E-state index in [0.717, 1.165) is 12.2 Å². The van der Waals surface area contributed by atoms with Gasteiger partial charge in [-0.3, -0.25) is 4.68 Å². The van der Waals surface area contributed by atoms with Gasteiger partial charge in [0, 0.05) is 42.9 Å². The molecule has 2 heterocycles. The molecule has 3 rings (SSSR count). The van der Waals surface area contributed by atoms with Crippen LogP contribution in [0.4, 0.5) is 5.69 Å². The summed E-state index contributed by atoms with van der Waals surface area (Å²) in [5.74, 6) is 0. The second kappa shape index (κ2) is 5.04. The summed E-state index contributed by atoms with van der Waals surface area (Å²) in [7, 11) is 2.09. The van der Waals surface area contributed by atoms with Crippen LogP contribution in [0.2, 0.25) is 0 Å². The fraction of sp³-hybridized carbons (Fsp3) is 0.312. The first-order chi connectivity index (χ1) is 9.65. The summed E-state index contributed by atoms with van der Waals surface area (Å²) in [5, 5.41) is 9.09. The summed E-state index contributed by atoms with van der Waals surface area (Å²) in [5.41, 5.74) is 3.63. The smallest absolute Gasteiger partial charge is 0.0729 e. The lowest BCUT2D eigenvalue weighted by Crippen LogP contribution is -2.01. The van der Waals surface area contributed by atoms with Gasteiger partial charge in [-0.1, -0.05) is 18.2 Å². The van der Waals surface area contributed by atoms with Crippen LogP contribution >= 0.6 is 0 Å². The van der Waals surface area contributed by atoms with Crippen molar-refractivity contribution in [1.29, 1.82) is 0 Å². The maximum Gasteiger partial charge on any atom is 0.0729 e. The number of nitrogens with zero attached hydrogens (tertiary/aromatic N) is 3. The largest absolute Gasteiger partial charge is 0.378 e. The molecule has 0 spiro atoms. The third-order valence-electron chi connectivity index (χ3n) is 3.59. The number of nitrogens with one attached hydrogen (secondary N) is 1. The van der Waals surface area contributed by atoms with Crippen molar-refractivity contribution >= 4 is 16.6 Å². The second-order valence-electron chi connectivity index (χ2n) is 5.44. The monoisotopic (exact) mass is 268 g/mol. The van der Waals surface area contributed by atoms with Crippen LogP contribution in [-0.2, 0) is 13.6 Å². The van der Waals surface area contributed by atoms with Gasteiger partial charge in [-0.25, -0.2) is 0 Å². The maximum absolute atomic E-state index is 4.34. The summed E-state index contributed by atoms with van der Waals surface area (Å²) >= 11 is 0. The number of hydrogen-bond acceptors (Lipinski definition) is 2. The summed E-state index contributed by atoms with van der Waals surface area (Å²) in [6.45, 7) is 5.06. The Labute approximate surface area is 119 Å². The summed E-state index contributed by atoms with van der Waals surface area (Å²) < 4.78 is 4.13. The van der Waals surface area contributed by atoms with Gasteiger partial charge >= 0.3 is 0 Å². The Bertz CT molecular complexity index is 721. The Balaban J connectivity index is 1.79. The molecule has 4 nitrogen and oxygen atoms in total. The van der Waals surface area contributed by atoms with Gasteiger partial charge in [0.05, 0.1) is 11.9 Å². The lowest BCUT2D eigenvalue weighted by Gasteiger charge is -2.04. The second-order valence-corrected chi connectivity index (χ2v) is 5.44. The van der Waals surface area contributed by atoms with Gasteiger partial charge in [-0.15, -0.1) is 0 Å². The molecule has 4 heteroatoms. The third kappa shape index (κ3) is 2.29. The quantitative estimate of drug-likeness (QED) is 0.785. The molecule has 0 atom stereocenters. The summed E-state index contributed by atoms with van der Waals surface area (Å²) in [6.07, 6.45) is 6.12.